The topological polar surface area (TPSA) is 55.2 Å². The van der Waals surface area contributed by atoms with Crippen LogP contribution >= 0.6 is 0 Å². The Morgan fingerprint density at radius 3 is 2.57 bits per heavy atom. The lowest BCUT2D eigenvalue weighted by atomic mass is 10.3. The zero-order chi connectivity index (χ0) is 10.4. The second-order valence-corrected chi connectivity index (χ2v) is 3.15. The van der Waals surface area contributed by atoms with Crippen LogP contribution in [0.4, 0.5) is 0 Å². The van der Waals surface area contributed by atoms with Gasteiger partial charge in [0, 0.05) is 0 Å². The Kier molecular flexibility index (Phi) is 4.32. The number of aliphatic hydroxyl groups excluding tert-OH is 1. The maximum Gasteiger partial charge on any atom is 0.156 e. The molecule has 1 atom stereocenters. The lowest BCUT2D eigenvalue weighted by Crippen LogP contribution is -2.02. The quantitative estimate of drug-likeness (QED) is 0.728. The van der Waals surface area contributed by atoms with Crippen LogP contribution in [0.3, 0.4) is 0 Å². The number of ether oxygens (including phenoxy) is 1. The Bertz CT molecular complexity index is 259. The number of hydrogen-bond donors (Lipinski definition) is 1. The first-order valence-electron chi connectivity index (χ1n) is 4.87. The molecule has 0 aliphatic heterocycles. The fourth-order valence-corrected chi connectivity index (χ4v) is 0.951. The summed E-state index contributed by atoms with van der Waals surface area (Å²) in [7, 11) is 0. The predicted octanol–water partition coefficient (Wildman–Crippen LogP) is 1.71. The van der Waals surface area contributed by atoms with Crippen molar-refractivity contribution in [3.63, 3.8) is 0 Å². The van der Waals surface area contributed by atoms with Crippen molar-refractivity contribution >= 4 is 0 Å². The first-order valence-corrected chi connectivity index (χ1v) is 4.87. The highest BCUT2D eigenvalue weighted by atomic mass is 16.5. The maximum atomic E-state index is 9.16. The van der Waals surface area contributed by atoms with E-state index >= 15 is 0 Å². The van der Waals surface area contributed by atoms with Crippen LogP contribution < -0.4 is 4.74 Å². The van der Waals surface area contributed by atoms with Crippen LogP contribution in [-0.4, -0.2) is 21.7 Å². The molecule has 78 valence electrons. The average molecular weight is 196 g/mol. The minimum Gasteiger partial charge on any atom is -0.490 e. The number of nitrogens with zero attached hydrogens (tertiary/aromatic N) is 2. The minimum atomic E-state index is -0.625. The van der Waals surface area contributed by atoms with Crippen molar-refractivity contribution in [2.75, 3.05) is 6.61 Å². The van der Waals surface area contributed by atoms with E-state index in [4.69, 9.17) is 9.84 Å². The highest BCUT2D eigenvalue weighted by molar-refractivity contribution is 5.12. The molecule has 0 saturated heterocycles. The van der Waals surface area contributed by atoms with E-state index < -0.39 is 6.10 Å². The number of unbranched alkanes of at least 4 members (excludes halogenated alkanes) is 1. The third-order valence-corrected chi connectivity index (χ3v) is 1.79. The second kappa shape index (κ2) is 5.54. The van der Waals surface area contributed by atoms with Gasteiger partial charge in [0.25, 0.3) is 0 Å². The van der Waals surface area contributed by atoms with E-state index in [0.29, 0.717) is 18.2 Å². The summed E-state index contributed by atoms with van der Waals surface area (Å²) in [6.45, 7) is 4.43. The molecule has 1 heterocycles. The van der Waals surface area contributed by atoms with Gasteiger partial charge in [-0.3, -0.25) is 0 Å². The summed E-state index contributed by atoms with van der Waals surface area (Å²) in [6.07, 6.45) is 4.68. The van der Waals surface area contributed by atoms with Gasteiger partial charge in [0.05, 0.1) is 19.0 Å². The Labute approximate surface area is 84.0 Å². The van der Waals surface area contributed by atoms with Gasteiger partial charge >= 0.3 is 0 Å². The summed E-state index contributed by atoms with van der Waals surface area (Å²) in [5.41, 5.74) is 0. The molecule has 4 nitrogen and oxygen atoms in total. The van der Waals surface area contributed by atoms with Gasteiger partial charge in [-0.2, -0.15) is 0 Å². The van der Waals surface area contributed by atoms with Crippen LogP contribution in [0.15, 0.2) is 12.4 Å². The summed E-state index contributed by atoms with van der Waals surface area (Å²) in [4.78, 5) is 7.94. The van der Waals surface area contributed by atoms with Crippen molar-refractivity contribution in [1.29, 1.82) is 0 Å². The largest absolute Gasteiger partial charge is 0.490 e. The molecule has 0 aromatic carbocycles. The molecule has 1 aromatic heterocycles. The Hall–Kier alpha value is -1.16. The predicted molar refractivity (Wildman–Crippen MR) is 53.1 cm³/mol. The van der Waals surface area contributed by atoms with Gasteiger partial charge in [-0.05, 0) is 13.3 Å². The fourth-order valence-electron chi connectivity index (χ4n) is 0.951. The first kappa shape index (κ1) is 10.9. The van der Waals surface area contributed by atoms with Crippen LogP contribution in [0.5, 0.6) is 5.75 Å². The Balaban J connectivity index is 2.47. The van der Waals surface area contributed by atoms with Gasteiger partial charge in [0.2, 0.25) is 0 Å². The number of hydrogen-bond acceptors (Lipinski definition) is 4. The van der Waals surface area contributed by atoms with Crippen molar-refractivity contribution < 1.29 is 9.84 Å². The van der Waals surface area contributed by atoms with Crippen LogP contribution in [0.25, 0.3) is 0 Å². The van der Waals surface area contributed by atoms with E-state index in [1.165, 1.54) is 0 Å². The van der Waals surface area contributed by atoms with E-state index in [1.807, 2.05) is 0 Å². The summed E-state index contributed by atoms with van der Waals surface area (Å²) < 4.78 is 5.37. The molecule has 4 heteroatoms. The molecule has 0 radical (unpaired) electrons. The summed E-state index contributed by atoms with van der Waals surface area (Å²) in [6, 6.07) is 0. The van der Waals surface area contributed by atoms with E-state index in [2.05, 4.69) is 16.9 Å². The molecule has 0 saturated carbocycles. The van der Waals surface area contributed by atoms with Crippen molar-refractivity contribution in [3.05, 3.63) is 18.2 Å². The summed E-state index contributed by atoms with van der Waals surface area (Å²) in [5, 5.41) is 9.16. The van der Waals surface area contributed by atoms with E-state index in [1.54, 1.807) is 19.3 Å². The average Bonchev–Trinajstić information content (AvgIpc) is 2.19. The van der Waals surface area contributed by atoms with Gasteiger partial charge in [0.15, 0.2) is 11.6 Å². The van der Waals surface area contributed by atoms with E-state index in [-0.39, 0.29) is 0 Å². The molecule has 0 fully saturated rings. The second-order valence-electron chi connectivity index (χ2n) is 3.15. The van der Waals surface area contributed by atoms with Crippen molar-refractivity contribution in [2.24, 2.45) is 0 Å². The lowest BCUT2D eigenvalue weighted by molar-refractivity contribution is 0.188. The lowest BCUT2D eigenvalue weighted by Gasteiger charge is -2.05. The standard InChI is InChI=1S/C10H16N2O2/c1-3-4-5-14-9-6-11-10(8(2)13)12-7-9/h6-8,13H,3-5H2,1-2H3. The van der Waals surface area contributed by atoms with Crippen molar-refractivity contribution in [2.45, 2.75) is 32.8 Å². The molecule has 0 spiro atoms. The normalized spacial score (nSPS) is 12.5. The van der Waals surface area contributed by atoms with Crippen molar-refractivity contribution in [1.82, 2.24) is 9.97 Å². The van der Waals surface area contributed by atoms with E-state index in [9.17, 15) is 0 Å². The Morgan fingerprint density at radius 2 is 2.07 bits per heavy atom. The van der Waals surface area contributed by atoms with Crippen LogP contribution in [0, 0.1) is 0 Å². The minimum absolute atomic E-state index is 0.424. The maximum absolute atomic E-state index is 9.16. The highest BCUT2D eigenvalue weighted by Crippen LogP contribution is 2.10. The van der Waals surface area contributed by atoms with Gasteiger partial charge < -0.3 is 9.84 Å². The zero-order valence-corrected chi connectivity index (χ0v) is 8.60. The molecule has 0 aliphatic rings. The monoisotopic (exact) mass is 196 g/mol. The number of rotatable bonds is 5. The van der Waals surface area contributed by atoms with Crippen LogP contribution in [-0.2, 0) is 0 Å². The van der Waals surface area contributed by atoms with Crippen molar-refractivity contribution in [3.8, 4) is 5.75 Å². The van der Waals surface area contributed by atoms with Crippen LogP contribution in [0.2, 0.25) is 0 Å². The third-order valence-electron chi connectivity index (χ3n) is 1.79. The highest BCUT2D eigenvalue weighted by Gasteiger charge is 2.03. The summed E-state index contributed by atoms with van der Waals surface area (Å²) >= 11 is 0. The first-order chi connectivity index (χ1) is 6.74. The molecule has 0 bridgehead atoms. The third kappa shape index (κ3) is 3.30. The summed E-state index contributed by atoms with van der Waals surface area (Å²) in [5.74, 6) is 1.08. The van der Waals surface area contributed by atoms with E-state index in [0.717, 1.165) is 12.8 Å². The number of aliphatic hydroxyl groups is 1. The molecule has 0 aliphatic carbocycles. The van der Waals surface area contributed by atoms with Gasteiger partial charge in [0.1, 0.15) is 6.10 Å². The molecule has 14 heavy (non-hydrogen) atoms. The van der Waals surface area contributed by atoms with Gasteiger partial charge in [-0.1, -0.05) is 13.3 Å². The zero-order valence-electron chi connectivity index (χ0n) is 8.60. The Morgan fingerprint density at radius 1 is 1.43 bits per heavy atom. The molecule has 0 amide bonds. The smallest absolute Gasteiger partial charge is 0.156 e. The van der Waals surface area contributed by atoms with Crippen LogP contribution in [0.1, 0.15) is 38.6 Å². The molecular weight excluding hydrogens is 180 g/mol. The molecule has 1 aromatic rings. The van der Waals surface area contributed by atoms with Gasteiger partial charge in [-0.25, -0.2) is 9.97 Å². The SMILES string of the molecule is CCCCOc1cnc(C(C)O)nc1. The number of aromatic nitrogens is 2. The molecule has 1 unspecified atom stereocenters. The molecule has 1 rings (SSSR count). The molecular formula is C10H16N2O2. The fraction of sp³-hybridized carbons (Fsp3) is 0.600. The van der Waals surface area contributed by atoms with Gasteiger partial charge in [-0.15, -0.1) is 0 Å². The molecule has 1 N–H and O–H groups in total.